The minimum Gasteiger partial charge on any atom is -0.462 e. The Bertz CT molecular complexity index is 671. The summed E-state index contributed by atoms with van der Waals surface area (Å²) in [5, 5.41) is 0. The van der Waals surface area contributed by atoms with Gasteiger partial charge in [0.1, 0.15) is 0 Å². The molecule has 1 aromatic rings. The van der Waals surface area contributed by atoms with Gasteiger partial charge >= 0.3 is 5.97 Å². The molecular weight excluding hydrogens is 394 g/mol. The first-order chi connectivity index (χ1) is 15.5. The van der Waals surface area contributed by atoms with Crippen molar-refractivity contribution in [2.24, 2.45) is 0 Å². The number of piperidine rings is 1. The summed E-state index contributed by atoms with van der Waals surface area (Å²) in [7, 11) is 0. The van der Waals surface area contributed by atoms with E-state index >= 15 is 0 Å². The Balaban J connectivity index is 1.73. The van der Waals surface area contributed by atoms with Crippen molar-refractivity contribution in [1.82, 2.24) is 0 Å². The molecule has 1 fully saturated rings. The van der Waals surface area contributed by atoms with Gasteiger partial charge in [0.15, 0.2) is 6.54 Å². The first-order valence-electron chi connectivity index (χ1n) is 13.2. The Hall–Kier alpha value is -1.61. The number of quaternary nitrogens is 1. The van der Waals surface area contributed by atoms with Gasteiger partial charge in [-0.2, -0.15) is 0 Å². The van der Waals surface area contributed by atoms with E-state index in [1.165, 1.54) is 80.9 Å². The van der Waals surface area contributed by atoms with Crippen LogP contribution in [-0.2, 0) is 16.0 Å². The zero-order valence-corrected chi connectivity index (χ0v) is 21.2. The van der Waals surface area contributed by atoms with Gasteiger partial charge in [-0.05, 0) is 57.6 Å². The number of hydrogen-bond donors (Lipinski definition) is 0. The fraction of sp³-hybridized carbons (Fsp3) is 0.690. The number of carbonyl (C=O) groups excluding carboxylic acids is 1. The molecule has 0 aliphatic carbocycles. The number of benzene rings is 1. The van der Waals surface area contributed by atoms with Gasteiger partial charge in [0.2, 0.25) is 0 Å². The van der Waals surface area contributed by atoms with Gasteiger partial charge in [-0.3, -0.25) is 0 Å². The average Bonchev–Trinajstić information content (AvgIpc) is 2.79. The second kappa shape index (κ2) is 15.3. The summed E-state index contributed by atoms with van der Waals surface area (Å²) in [4.78, 5) is 12.6. The molecule has 0 aromatic heterocycles. The van der Waals surface area contributed by atoms with Crippen molar-refractivity contribution in [3.8, 4) is 0 Å². The number of carbonyl (C=O) groups is 1. The van der Waals surface area contributed by atoms with Crippen molar-refractivity contribution < 1.29 is 14.0 Å². The molecule has 1 aliphatic heterocycles. The minimum absolute atomic E-state index is 0.000525. The van der Waals surface area contributed by atoms with Crippen LogP contribution in [0.5, 0.6) is 0 Å². The summed E-state index contributed by atoms with van der Waals surface area (Å²) in [6, 6.07) is 8.81. The summed E-state index contributed by atoms with van der Waals surface area (Å²) in [6.07, 6.45) is 17.3. The van der Waals surface area contributed by atoms with E-state index in [0.29, 0.717) is 13.2 Å². The van der Waals surface area contributed by atoms with Gasteiger partial charge in [0.25, 0.3) is 0 Å². The van der Waals surface area contributed by atoms with E-state index in [0.717, 1.165) is 37.0 Å². The van der Waals surface area contributed by atoms with Crippen molar-refractivity contribution in [3.05, 3.63) is 47.0 Å². The van der Waals surface area contributed by atoms with E-state index in [1.54, 1.807) is 0 Å². The largest absolute Gasteiger partial charge is 0.462 e. The van der Waals surface area contributed by atoms with E-state index in [9.17, 15) is 4.79 Å². The smallest absolute Gasteiger partial charge is 0.361 e. The van der Waals surface area contributed by atoms with Crippen LogP contribution in [0.1, 0.15) is 95.6 Å². The predicted molar refractivity (Wildman–Crippen MR) is 136 cm³/mol. The molecular formula is C29H48NO2+. The highest BCUT2D eigenvalue weighted by atomic mass is 16.5. The number of esters is 1. The van der Waals surface area contributed by atoms with Gasteiger partial charge in [-0.15, -0.1) is 0 Å². The number of rotatable bonds is 15. The summed E-state index contributed by atoms with van der Waals surface area (Å²) in [5.74, 6) is -0.000525. The highest BCUT2D eigenvalue weighted by Gasteiger charge is 2.32. The number of likely N-dealkylation sites (tertiary alicyclic amines) is 1. The van der Waals surface area contributed by atoms with Crippen molar-refractivity contribution in [2.75, 3.05) is 32.8 Å². The quantitative estimate of drug-likeness (QED) is 0.125. The van der Waals surface area contributed by atoms with Crippen LogP contribution in [0.3, 0.4) is 0 Å². The zero-order chi connectivity index (χ0) is 23.1. The molecule has 2 rings (SSSR count). The van der Waals surface area contributed by atoms with Crippen LogP contribution in [0.25, 0.3) is 0 Å². The zero-order valence-electron chi connectivity index (χ0n) is 21.2. The highest BCUT2D eigenvalue weighted by molar-refractivity contribution is 5.70. The summed E-state index contributed by atoms with van der Waals surface area (Å²) >= 11 is 0. The topological polar surface area (TPSA) is 26.3 Å². The number of ether oxygens (including phenoxy) is 1. The maximum atomic E-state index is 12.6. The lowest BCUT2D eigenvalue weighted by molar-refractivity contribution is -0.920. The molecule has 1 saturated heterocycles. The standard InChI is InChI=1S/C29H48NO2/c1-4-5-6-7-8-9-10-14-23-32-29(31)25-30(20-12-11-13-21-30)22-19-27(3)24-28-17-15-26(2)16-18-28/h15-19H,4-14,20-25H2,1-3H3/q+1/b27-19-. The Morgan fingerprint density at radius 2 is 1.56 bits per heavy atom. The van der Waals surface area contributed by atoms with Crippen LogP contribution < -0.4 is 0 Å². The SMILES string of the molecule is CCCCCCCCCCOC(=O)C[N+]1(C/C=C(/C)Cc2ccc(C)cc2)CCCCC1. The number of unbranched alkanes of at least 4 members (excludes halogenated alkanes) is 7. The normalized spacial score (nSPS) is 16.2. The Morgan fingerprint density at radius 1 is 0.938 bits per heavy atom. The van der Waals surface area contributed by atoms with Gasteiger partial charge in [0, 0.05) is 0 Å². The van der Waals surface area contributed by atoms with Crippen LogP contribution in [0.15, 0.2) is 35.9 Å². The lowest BCUT2D eigenvalue weighted by atomic mass is 10.0. The molecule has 32 heavy (non-hydrogen) atoms. The lowest BCUT2D eigenvalue weighted by Gasteiger charge is -2.40. The van der Waals surface area contributed by atoms with Crippen LogP contribution >= 0.6 is 0 Å². The van der Waals surface area contributed by atoms with Crippen molar-refractivity contribution in [2.45, 2.75) is 97.8 Å². The van der Waals surface area contributed by atoms with Gasteiger partial charge < -0.3 is 9.22 Å². The Kier molecular flexibility index (Phi) is 12.7. The minimum atomic E-state index is -0.000525. The highest BCUT2D eigenvalue weighted by Crippen LogP contribution is 2.20. The molecule has 0 bridgehead atoms. The molecule has 1 aliphatic rings. The van der Waals surface area contributed by atoms with Crippen molar-refractivity contribution in [1.29, 1.82) is 0 Å². The van der Waals surface area contributed by atoms with E-state index < -0.39 is 0 Å². The second-order valence-electron chi connectivity index (χ2n) is 10.1. The first kappa shape index (κ1) is 26.6. The molecule has 1 aromatic carbocycles. The third kappa shape index (κ3) is 10.8. The van der Waals surface area contributed by atoms with Crippen molar-refractivity contribution >= 4 is 5.97 Å². The van der Waals surface area contributed by atoms with Gasteiger partial charge in [-0.1, -0.05) is 87.3 Å². The third-order valence-electron chi connectivity index (χ3n) is 6.92. The van der Waals surface area contributed by atoms with Crippen LogP contribution in [0.2, 0.25) is 0 Å². The molecule has 0 unspecified atom stereocenters. The predicted octanol–water partition coefficient (Wildman–Crippen LogP) is 7.17. The van der Waals surface area contributed by atoms with Gasteiger partial charge in [-0.25, -0.2) is 4.79 Å². The molecule has 180 valence electrons. The molecule has 0 atom stereocenters. The first-order valence-corrected chi connectivity index (χ1v) is 13.2. The van der Waals surface area contributed by atoms with Crippen LogP contribution in [0.4, 0.5) is 0 Å². The number of allylic oxidation sites excluding steroid dienone is 1. The fourth-order valence-electron chi connectivity index (χ4n) is 4.78. The molecule has 0 radical (unpaired) electrons. The molecule has 0 spiro atoms. The number of hydrogen-bond acceptors (Lipinski definition) is 2. The van der Waals surface area contributed by atoms with Crippen LogP contribution in [-0.4, -0.2) is 43.2 Å². The maximum absolute atomic E-state index is 12.6. The summed E-state index contributed by atoms with van der Waals surface area (Å²) < 4.78 is 6.53. The van der Waals surface area contributed by atoms with Crippen LogP contribution in [0, 0.1) is 6.92 Å². The second-order valence-corrected chi connectivity index (χ2v) is 10.1. The van der Waals surface area contributed by atoms with E-state index in [2.05, 4.69) is 51.1 Å². The number of nitrogens with zero attached hydrogens (tertiary/aromatic N) is 1. The molecule has 0 N–H and O–H groups in total. The van der Waals surface area contributed by atoms with Crippen molar-refractivity contribution in [3.63, 3.8) is 0 Å². The maximum Gasteiger partial charge on any atom is 0.361 e. The van der Waals surface area contributed by atoms with E-state index in [4.69, 9.17) is 4.74 Å². The average molecular weight is 443 g/mol. The summed E-state index contributed by atoms with van der Waals surface area (Å²) in [5.41, 5.74) is 4.06. The Labute approximate surface area is 197 Å². The summed E-state index contributed by atoms with van der Waals surface area (Å²) in [6.45, 7) is 10.9. The third-order valence-corrected chi connectivity index (χ3v) is 6.92. The van der Waals surface area contributed by atoms with E-state index in [-0.39, 0.29) is 5.97 Å². The molecule has 1 heterocycles. The van der Waals surface area contributed by atoms with Gasteiger partial charge in [0.05, 0.1) is 26.2 Å². The molecule has 3 heteroatoms. The number of aryl methyl sites for hydroxylation is 1. The lowest BCUT2D eigenvalue weighted by Crippen LogP contribution is -2.54. The molecule has 0 amide bonds. The monoisotopic (exact) mass is 442 g/mol. The fourth-order valence-corrected chi connectivity index (χ4v) is 4.78. The van der Waals surface area contributed by atoms with E-state index in [1.807, 2.05) is 0 Å². The molecule has 0 saturated carbocycles. The molecule has 3 nitrogen and oxygen atoms in total. The Morgan fingerprint density at radius 3 is 2.22 bits per heavy atom.